The van der Waals surface area contributed by atoms with Gasteiger partial charge in [-0.15, -0.1) is 0 Å². The summed E-state index contributed by atoms with van der Waals surface area (Å²) in [6.07, 6.45) is 0. The van der Waals surface area contributed by atoms with Crippen molar-refractivity contribution in [3.05, 3.63) is 33.3 Å². The number of methoxy groups -OCH3 is 1. The molecule has 0 aliphatic rings. The number of ether oxygens (including phenoxy) is 1. The van der Waals surface area contributed by atoms with Gasteiger partial charge in [-0.3, -0.25) is 0 Å². The van der Waals surface area contributed by atoms with Crippen LogP contribution in [0.15, 0.2) is 4.47 Å². The van der Waals surface area contributed by atoms with Crippen LogP contribution in [-0.4, -0.2) is 13.1 Å². The van der Waals surface area contributed by atoms with E-state index in [1.165, 1.54) is 0 Å². The summed E-state index contributed by atoms with van der Waals surface area (Å²) in [7, 11) is 0.858. The molecule has 0 atom stereocenters. The summed E-state index contributed by atoms with van der Waals surface area (Å²) in [6, 6.07) is 0. The maximum Gasteiger partial charge on any atom is 0.344 e. The zero-order valence-corrected chi connectivity index (χ0v) is 8.79. The highest BCUT2D eigenvalue weighted by molar-refractivity contribution is 9.10. The topological polar surface area (TPSA) is 26.3 Å². The molecule has 0 saturated carbocycles. The van der Waals surface area contributed by atoms with E-state index in [1.807, 2.05) is 0 Å². The van der Waals surface area contributed by atoms with Gasteiger partial charge >= 0.3 is 5.97 Å². The van der Waals surface area contributed by atoms with E-state index in [1.54, 1.807) is 0 Å². The molecule has 0 radical (unpaired) electrons. The second-order valence-corrected chi connectivity index (χ2v) is 3.23. The number of rotatable bonds is 1. The second-order valence-electron chi connectivity index (χ2n) is 2.44. The van der Waals surface area contributed by atoms with Crippen LogP contribution in [-0.2, 0) is 4.74 Å². The van der Waals surface area contributed by atoms with Gasteiger partial charge in [-0.25, -0.2) is 22.4 Å². The van der Waals surface area contributed by atoms with E-state index in [0.717, 1.165) is 7.11 Å². The Bertz CT molecular complexity index is 404. The van der Waals surface area contributed by atoms with Gasteiger partial charge in [-0.05, 0) is 15.9 Å². The number of esters is 1. The van der Waals surface area contributed by atoms with E-state index in [-0.39, 0.29) is 0 Å². The molecule has 2 nitrogen and oxygen atoms in total. The molecule has 0 aromatic heterocycles. The fourth-order valence-electron chi connectivity index (χ4n) is 0.886. The second kappa shape index (κ2) is 4.18. The molecule has 0 fully saturated rings. The molecule has 0 spiro atoms. The van der Waals surface area contributed by atoms with E-state index >= 15 is 0 Å². The maximum atomic E-state index is 13.1. The number of hydrogen-bond donors (Lipinski definition) is 0. The fourth-order valence-corrected chi connectivity index (χ4v) is 1.26. The Labute approximate surface area is 90.0 Å². The van der Waals surface area contributed by atoms with Gasteiger partial charge in [0.25, 0.3) is 0 Å². The van der Waals surface area contributed by atoms with Gasteiger partial charge in [0.15, 0.2) is 23.3 Å². The summed E-state index contributed by atoms with van der Waals surface area (Å²) in [5.41, 5.74) is -1.27. The average Bonchev–Trinajstić information content (AvgIpc) is 2.23. The van der Waals surface area contributed by atoms with Crippen molar-refractivity contribution in [3.8, 4) is 0 Å². The molecule has 0 N–H and O–H groups in total. The summed E-state index contributed by atoms with van der Waals surface area (Å²) in [6.45, 7) is 0. The number of carbonyl (C=O) groups excluding carboxylic acids is 1. The third-order valence-electron chi connectivity index (χ3n) is 1.60. The van der Waals surface area contributed by atoms with Gasteiger partial charge < -0.3 is 4.74 Å². The summed E-state index contributed by atoms with van der Waals surface area (Å²) < 4.78 is 54.7. The normalized spacial score (nSPS) is 10.3. The molecule has 15 heavy (non-hydrogen) atoms. The molecule has 7 heteroatoms. The maximum absolute atomic E-state index is 13.1. The van der Waals surface area contributed by atoms with Crippen molar-refractivity contribution in [2.24, 2.45) is 0 Å². The first kappa shape index (κ1) is 12.0. The van der Waals surface area contributed by atoms with Crippen LogP contribution < -0.4 is 0 Å². The number of carbonyl (C=O) groups is 1. The lowest BCUT2D eigenvalue weighted by Gasteiger charge is -2.06. The van der Waals surface area contributed by atoms with Crippen molar-refractivity contribution in [1.29, 1.82) is 0 Å². The van der Waals surface area contributed by atoms with Crippen LogP contribution in [0.3, 0.4) is 0 Å². The van der Waals surface area contributed by atoms with Crippen LogP contribution >= 0.6 is 15.9 Å². The Balaban J connectivity index is 3.60. The zero-order valence-electron chi connectivity index (χ0n) is 7.21. The van der Waals surface area contributed by atoms with E-state index < -0.39 is 39.3 Å². The summed E-state index contributed by atoms with van der Waals surface area (Å²) in [5.74, 6) is -8.57. The molecule has 0 amide bonds. The van der Waals surface area contributed by atoms with Crippen molar-refractivity contribution in [1.82, 2.24) is 0 Å². The molecule has 82 valence electrons. The van der Waals surface area contributed by atoms with Crippen LogP contribution in [0.25, 0.3) is 0 Å². The number of halogens is 5. The Morgan fingerprint density at radius 2 is 1.60 bits per heavy atom. The standard InChI is InChI=1S/C8H3BrF4O2/c1-15-8(14)2-4(10)3(9)6(12)7(13)5(2)11/h1H3. The van der Waals surface area contributed by atoms with Crippen molar-refractivity contribution in [3.63, 3.8) is 0 Å². The van der Waals surface area contributed by atoms with Crippen LogP contribution in [0.5, 0.6) is 0 Å². The lowest BCUT2D eigenvalue weighted by atomic mass is 10.2. The highest BCUT2D eigenvalue weighted by Gasteiger charge is 2.28. The fraction of sp³-hybridized carbons (Fsp3) is 0.125. The average molecular weight is 287 g/mol. The highest BCUT2D eigenvalue weighted by atomic mass is 79.9. The van der Waals surface area contributed by atoms with Crippen molar-refractivity contribution >= 4 is 21.9 Å². The van der Waals surface area contributed by atoms with Crippen LogP contribution in [0.1, 0.15) is 10.4 Å². The van der Waals surface area contributed by atoms with E-state index in [2.05, 4.69) is 20.7 Å². The predicted octanol–water partition coefficient (Wildman–Crippen LogP) is 2.79. The molecule has 1 aromatic carbocycles. The van der Waals surface area contributed by atoms with Gasteiger partial charge in [-0.1, -0.05) is 0 Å². The largest absolute Gasteiger partial charge is 0.465 e. The third-order valence-corrected chi connectivity index (χ3v) is 2.30. The molecular formula is C8H3BrF4O2. The van der Waals surface area contributed by atoms with Gasteiger partial charge in [0.1, 0.15) is 5.56 Å². The first-order valence-corrected chi connectivity index (χ1v) is 4.30. The minimum Gasteiger partial charge on any atom is -0.465 e. The Kier molecular flexibility index (Phi) is 3.33. The quantitative estimate of drug-likeness (QED) is 0.343. The van der Waals surface area contributed by atoms with E-state index in [0.29, 0.717) is 0 Å². The minimum atomic E-state index is -1.94. The SMILES string of the molecule is COC(=O)c1c(F)c(F)c(F)c(Br)c1F. The third kappa shape index (κ3) is 1.83. The molecule has 0 aliphatic heterocycles. The molecule has 0 unspecified atom stereocenters. The van der Waals surface area contributed by atoms with Crippen LogP contribution in [0, 0.1) is 23.3 Å². The van der Waals surface area contributed by atoms with Gasteiger partial charge in [0.05, 0.1) is 11.6 Å². The van der Waals surface area contributed by atoms with Gasteiger partial charge in [0, 0.05) is 0 Å². The number of hydrogen-bond acceptors (Lipinski definition) is 2. The predicted molar refractivity (Wildman–Crippen MR) is 45.3 cm³/mol. The van der Waals surface area contributed by atoms with Gasteiger partial charge in [0.2, 0.25) is 0 Å². The highest BCUT2D eigenvalue weighted by Crippen LogP contribution is 2.28. The van der Waals surface area contributed by atoms with E-state index in [4.69, 9.17) is 0 Å². The van der Waals surface area contributed by atoms with Crippen LogP contribution in [0.4, 0.5) is 17.6 Å². The van der Waals surface area contributed by atoms with Crippen molar-refractivity contribution < 1.29 is 27.1 Å². The van der Waals surface area contributed by atoms with E-state index in [9.17, 15) is 22.4 Å². The van der Waals surface area contributed by atoms with Gasteiger partial charge in [-0.2, -0.15) is 0 Å². The molecular weight excluding hydrogens is 284 g/mol. The van der Waals surface area contributed by atoms with Crippen LogP contribution in [0.2, 0.25) is 0 Å². The first-order valence-electron chi connectivity index (χ1n) is 3.51. The lowest BCUT2D eigenvalue weighted by Crippen LogP contribution is -2.12. The zero-order chi connectivity index (χ0) is 11.7. The minimum absolute atomic E-state index is 0.858. The summed E-state index contributed by atoms with van der Waals surface area (Å²) in [4.78, 5) is 10.9. The first-order chi connectivity index (χ1) is 6.91. The smallest absolute Gasteiger partial charge is 0.344 e. The summed E-state index contributed by atoms with van der Waals surface area (Å²) in [5, 5.41) is 0. The molecule has 0 bridgehead atoms. The molecule has 0 aliphatic carbocycles. The molecule has 1 rings (SSSR count). The van der Waals surface area contributed by atoms with Crippen molar-refractivity contribution in [2.45, 2.75) is 0 Å². The summed E-state index contributed by atoms with van der Waals surface area (Å²) >= 11 is 2.35. The Hall–Kier alpha value is -1.11. The number of benzene rings is 1. The van der Waals surface area contributed by atoms with Crippen molar-refractivity contribution in [2.75, 3.05) is 7.11 Å². The Morgan fingerprint density at radius 1 is 1.07 bits per heavy atom. The lowest BCUT2D eigenvalue weighted by molar-refractivity contribution is 0.0587. The molecule has 0 heterocycles. The Morgan fingerprint density at radius 3 is 2.07 bits per heavy atom. The monoisotopic (exact) mass is 286 g/mol. The molecule has 0 saturated heterocycles. The molecule has 1 aromatic rings.